The zero-order valence-electron chi connectivity index (χ0n) is 10.8. The largest absolute Gasteiger partial charge is 0.381 e. The molecule has 0 amide bonds. The lowest BCUT2D eigenvalue weighted by molar-refractivity contribution is 0.521. The first-order valence-electron chi connectivity index (χ1n) is 5.74. The Balaban J connectivity index is 2.07. The van der Waals surface area contributed by atoms with Crippen LogP contribution in [0, 0.1) is 0 Å². The number of rotatable bonds is 5. The van der Waals surface area contributed by atoms with Gasteiger partial charge in [-0.05, 0) is 24.3 Å². The standard InChI is InChI=1S/C12H16N4O2S/c1-16(2)19(17,18)12-5-3-11(4-6-12)13-7-10-8-14-15-9-10/h3-6,8-9,13H,7H2,1-2H3,(H,14,15). The molecule has 102 valence electrons. The van der Waals surface area contributed by atoms with Gasteiger partial charge in [0.25, 0.3) is 0 Å². The van der Waals surface area contributed by atoms with E-state index in [0.29, 0.717) is 6.54 Å². The lowest BCUT2D eigenvalue weighted by Gasteiger charge is -2.12. The van der Waals surface area contributed by atoms with Crippen LogP contribution >= 0.6 is 0 Å². The maximum atomic E-state index is 11.9. The summed E-state index contributed by atoms with van der Waals surface area (Å²) in [5, 5.41) is 9.77. The third-order valence-electron chi connectivity index (χ3n) is 2.68. The molecule has 1 aromatic carbocycles. The van der Waals surface area contributed by atoms with Gasteiger partial charge in [-0.25, -0.2) is 12.7 Å². The number of hydrogen-bond acceptors (Lipinski definition) is 4. The van der Waals surface area contributed by atoms with Crippen molar-refractivity contribution in [2.45, 2.75) is 11.4 Å². The van der Waals surface area contributed by atoms with Crippen LogP contribution in [0.15, 0.2) is 41.6 Å². The summed E-state index contributed by atoms with van der Waals surface area (Å²) in [6.45, 7) is 0.635. The number of aromatic amines is 1. The Bertz CT molecular complexity index is 618. The average molecular weight is 280 g/mol. The van der Waals surface area contributed by atoms with Crippen molar-refractivity contribution in [2.75, 3.05) is 19.4 Å². The SMILES string of the molecule is CN(C)S(=O)(=O)c1ccc(NCc2cn[nH]c2)cc1. The number of nitrogens with zero attached hydrogens (tertiary/aromatic N) is 2. The smallest absolute Gasteiger partial charge is 0.242 e. The van der Waals surface area contributed by atoms with E-state index < -0.39 is 10.0 Å². The molecule has 7 heteroatoms. The maximum Gasteiger partial charge on any atom is 0.242 e. The van der Waals surface area contributed by atoms with Crippen LogP contribution in [0.25, 0.3) is 0 Å². The molecule has 6 nitrogen and oxygen atoms in total. The molecule has 1 aromatic heterocycles. The summed E-state index contributed by atoms with van der Waals surface area (Å²) < 4.78 is 25.0. The molecule has 0 spiro atoms. The van der Waals surface area contributed by atoms with Crippen LogP contribution in [-0.2, 0) is 16.6 Å². The molecule has 1 heterocycles. The Hall–Kier alpha value is -1.86. The molecular weight excluding hydrogens is 264 g/mol. The molecule has 0 saturated heterocycles. The predicted octanol–water partition coefficient (Wildman–Crippen LogP) is 1.27. The molecule has 0 aliphatic heterocycles. The van der Waals surface area contributed by atoms with E-state index >= 15 is 0 Å². The van der Waals surface area contributed by atoms with E-state index in [1.54, 1.807) is 36.7 Å². The fourth-order valence-corrected chi connectivity index (χ4v) is 2.44. The molecule has 0 aliphatic carbocycles. The molecule has 2 rings (SSSR count). The first-order chi connectivity index (χ1) is 9.00. The Labute approximate surface area is 112 Å². The second-order valence-corrected chi connectivity index (χ2v) is 6.42. The van der Waals surface area contributed by atoms with E-state index in [-0.39, 0.29) is 4.90 Å². The summed E-state index contributed by atoms with van der Waals surface area (Å²) in [6, 6.07) is 6.67. The molecule has 19 heavy (non-hydrogen) atoms. The minimum Gasteiger partial charge on any atom is -0.381 e. The van der Waals surface area contributed by atoms with Crippen molar-refractivity contribution in [2.24, 2.45) is 0 Å². The number of hydrogen-bond donors (Lipinski definition) is 2. The summed E-state index contributed by atoms with van der Waals surface area (Å²) in [4.78, 5) is 0.284. The second kappa shape index (κ2) is 5.41. The van der Waals surface area contributed by atoms with Crippen molar-refractivity contribution in [3.8, 4) is 0 Å². The van der Waals surface area contributed by atoms with Gasteiger partial charge < -0.3 is 5.32 Å². The van der Waals surface area contributed by atoms with E-state index in [4.69, 9.17) is 0 Å². The van der Waals surface area contributed by atoms with Crippen molar-refractivity contribution in [1.29, 1.82) is 0 Å². The highest BCUT2D eigenvalue weighted by Crippen LogP contribution is 2.16. The van der Waals surface area contributed by atoms with Crippen LogP contribution in [0.4, 0.5) is 5.69 Å². The monoisotopic (exact) mass is 280 g/mol. The Morgan fingerprint density at radius 1 is 1.26 bits per heavy atom. The normalized spacial score (nSPS) is 11.7. The van der Waals surface area contributed by atoms with Crippen LogP contribution in [0.5, 0.6) is 0 Å². The number of sulfonamides is 1. The van der Waals surface area contributed by atoms with Crippen LogP contribution in [-0.4, -0.2) is 37.0 Å². The summed E-state index contributed by atoms with van der Waals surface area (Å²) in [7, 11) is -0.333. The van der Waals surface area contributed by atoms with Gasteiger partial charge >= 0.3 is 0 Å². The Morgan fingerprint density at radius 2 is 1.95 bits per heavy atom. The maximum absolute atomic E-state index is 11.9. The first kappa shape index (κ1) is 13.6. The van der Waals surface area contributed by atoms with Gasteiger partial charge in [0.15, 0.2) is 0 Å². The highest BCUT2D eigenvalue weighted by molar-refractivity contribution is 7.89. The second-order valence-electron chi connectivity index (χ2n) is 4.27. The molecule has 0 atom stereocenters. The average Bonchev–Trinajstić information content (AvgIpc) is 2.90. The molecule has 0 radical (unpaired) electrons. The molecular formula is C12H16N4O2S. The summed E-state index contributed by atoms with van der Waals surface area (Å²) in [5.41, 5.74) is 1.89. The van der Waals surface area contributed by atoms with Gasteiger partial charge in [0.1, 0.15) is 0 Å². The molecule has 0 bridgehead atoms. The number of benzene rings is 1. The summed E-state index contributed by atoms with van der Waals surface area (Å²) in [5.74, 6) is 0. The summed E-state index contributed by atoms with van der Waals surface area (Å²) in [6.07, 6.45) is 3.54. The highest BCUT2D eigenvalue weighted by Gasteiger charge is 2.16. The van der Waals surface area contributed by atoms with Gasteiger partial charge in [-0.15, -0.1) is 0 Å². The fourth-order valence-electron chi connectivity index (χ4n) is 1.53. The van der Waals surface area contributed by atoms with E-state index in [0.717, 1.165) is 11.3 Å². The predicted molar refractivity (Wildman–Crippen MR) is 73.2 cm³/mol. The van der Waals surface area contributed by atoms with Crippen LogP contribution in [0.3, 0.4) is 0 Å². The third-order valence-corrected chi connectivity index (χ3v) is 4.51. The van der Waals surface area contributed by atoms with E-state index in [9.17, 15) is 8.42 Å². The van der Waals surface area contributed by atoms with E-state index in [1.165, 1.54) is 18.4 Å². The lowest BCUT2D eigenvalue weighted by Crippen LogP contribution is -2.22. The molecule has 0 fully saturated rings. The van der Waals surface area contributed by atoms with Crippen molar-refractivity contribution < 1.29 is 8.42 Å². The Kier molecular flexibility index (Phi) is 3.87. The third kappa shape index (κ3) is 3.12. The number of nitrogens with one attached hydrogen (secondary N) is 2. The molecule has 2 aromatic rings. The van der Waals surface area contributed by atoms with Crippen LogP contribution in [0.1, 0.15) is 5.56 Å². The van der Waals surface area contributed by atoms with Crippen LogP contribution < -0.4 is 5.32 Å². The minimum atomic E-state index is -3.36. The Morgan fingerprint density at radius 3 is 2.47 bits per heavy atom. The van der Waals surface area contributed by atoms with E-state index in [1.807, 2.05) is 0 Å². The van der Waals surface area contributed by atoms with Crippen molar-refractivity contribution in [3.05, 3.63) is 42.2 Å². The topological polar surface area (TPSA) is 78.1 Å². The quantitative estimate of drug-likeness (QED) is 0.864. The number of aromatic nitrogens is 2. The van der Waals surface area contributed by atoms with E-state index in [2.05, 4.69) is 15.5 Å². The van der Waals surface area contributed by atoms with Gasteiger partial charge in [0.2, 0.25) is 10.0 Å². The van der Waals surface area contributed by atoms with Gasteiger partial charge in [-0.2, -0.15) is 5.10 Å². The number of anilines is 1. The van der Waals surface area contributed by atoms with Crippen molar-refractivity contribution >= 4 is 15.7 Å². The summed E-state index contributed by atoms with van der Waals surface area (Å²) >= 11 is 0. The lowest BCUT2D eigenvalue weighted by atomic mass is 10.3. The van der Waals surface area contributed by atoms with Crippen molar-refractivity contribution in [1.82, 2.24) is 14.5 Å². The zero-order chi connectivity index (χ0) is 13.9. The first-order valence-corrected chi connectivity index (χ1v) is 7.18. The van der Waals surface area contributed by atoms with Gasteiger partial charge in [-0.1, -0.05) is 0 Å². The highest BCUT2D eigenvalue weighted by atomic mass is 32.2. The molecule has 0 unspecified atom stereocenters. The minimum absolute atomic E-state index is 0.284. The molecule has 2 N–H and O–H groups in total. The zero-order valence-corrected chi connectivity index (χ0v) is 11.6. The molecule has 0 saturated carbocycles. The van der Waals surface area contributed by atoms with Gasteiger partial charge in [-0.3, -0.25) is 5.10 Å². The van der Waals surface area contributed by atoms with Gasteiger partial charge in [0, 0.05) is 38.1 Å². The van der Waals surface area contributed by atoms with Crippen molar-refractivity contribution in [3.63, 3.8) is 0 Å². The molecule has 0 aliphatic rings. The number of H-pyrrole nitrogens is 1. The van der Waals surface area contributed by atoms with Gasteiger partial charge in [0.05, 0.1) is 11.1 Å². The fraction of sp³-hybridized carbons (Fsp3) is 0.250. The van der Waals surface area contributed by atoms with Crippen LogP contribution in [0.2, 0.25) is 0 Å².